The molecule has 0 radical (unpaired) electrons. The van der Waals surface area contributed by atoms with Crippen LogP contribution in [0.4, 0.5) is 0 Å². The number of amides is 3. The third-order valence-corrected chi connectivity index (χ3v) is 7.27. The first-order valence-corrected chi connectivity index (χ1v) is 13.3. The van der Waals surface area contributed by atoms with E-state index in [9.17, 15) is 29.4 Å². The number of aliphatic hydroxyl groups excluding tert-OH is 1. The van der Waals surface area contributed by atoms with Crippen molar-refractivity contribution in [2.24, 2.45) is 5.73 Å². The number of aromatic amines is 1. The van der Waals surface area contributed by atoms with Crippen LogP contribution >= 0.6 is 0 Å². The minimum absolute atomic E-state index is 0.0963. The van der Waals surface area contributed by atoms with Crippen molar-refractivity contribution in [3.8, 4) is 0 Å². The molecule has 1 aliphatic heterocycles. The molecule has 1 saturated heterocycles. The summed E-state index contributed by atoms with van der Waals surface area (Å²) in [5.41, 5.74) is 8.24. The van der Waals surface area contributed by atoms with Gasteiger partial charge in [0.05, 0.1) is 6.10 Å². The summed E-state index contributed by atoms with van der Waals surface area (Å²) >= 11 is 0. The van der Waals surface area contributed by atoms with E-state index in [1.807, 2.05) is 30.3 Å². The average Bonchev–Trinajstić information content (AvgIpc) is 3.59. The Morgan fingerprint density at radius 2 is 1.73 bits per heavy atom. The standard InChI is InChI=1S/C29H35N5O6/c1-17(35)25(30)27(37)32-22(15-19-16-31-21-11-6-5-10-20(19)21)28(38)34-13-7-12-24(34)26(36)33-23(29(39)40)14-18-8-3-2-4-9-18/h2-6,8-11,16-17,22-25,31,35H,7,12-15,30H2,1H3,(H,32,37)(H,33,36)(H,39,40). The molecule has 2 aromatic carbocycles. The number of benzene rings is 2. The largest absolute Gasteiger partial charge is 0.480 e. The highest BCUT2D eigenvalue weighted by Crippen LogP contribution is 2.23. The number of aliphatic carboxylic acids is 1. The highest BCUT2D eigenvalue weighted by atomic mass is 16.4. The molecule has 0 bridgehead atoms. The normalized spacial score (nSPS) is 18.1. The molecule has 2 heterocycles. The maximum absolute atomic E-state index is 13.9. The molecule has 11 nitrogen and oxygen atoms in total. The number of carbonyl (C=O) groups excluding carboxylic acids is 3. The van der Waals surface area contributed by atoms with Gasteiger partial charge in [0, 0.05) is 36.5 Å². The molecule has 3 amide bonds. The summed E-state index contributed by atoms with van der Waals surface area (Å²) in [6, 6.07) is 12.1. The fourth-order valence-electron chi connectivity index (χ4n) is 5.03. The van der Waals surface area contributed by atoms with Gasteiger partial charge in [-0.05, 0) is 37.0 Å². The van der Waals surface area contributed by atoms with E-state index < -0.39 is 54.0 Å². The maximum Gasteiger partial charge on any atom is 0.326 e. The van der Waals surface area contributed by atoms with Gasteiger partial charge in [0.25, 0.3) is 0 Å². The van der Waals surface area contributed by atoms with Crippen LogP contribution in [-0.4, -0.2) is 80.6 Å². The molecule has 40 heavy (non-hydrogen) atoms. The summed E-state index contributed by atoms with van der Waals surface area (Å²) in [5, 5.41) is 25.7. The second-order valence-electron chi connectivity index (χ2n) is 10.2. The minimum atomic E-state index is -1.25. The fraction of sp³-hybridized carbons (Fsp3) is 0.379. The van der Waals surface area contributed by atoms with Gasteiger partial charge in [-0.25, -0.2) is 4.79 Å². The Bertz CT molecular complexity index is 1360. The van der Waals surface area contributed by atoms with Crippen molar-refractivity contribution in [3.63, 3.8) is 0 Å². The lowest BCUT2D eigenvalue weighted by atomic mass is 10.0. The van der Waals surface area contributed by atoms with Gasteiger partial charge in [-0.15, -0.1) is 0 Å². The zero-order chi connectivity index (χ0) is 28.8. The third kappa shape index (κ3) is 6.67. The van der Waals surface area contributed by atoms with E-state index in [2.05, 4.69) is 15.6 Å². The lowest BCUT2D eigenvalue weighted by Crippen LogP contribution is -2.58. The Morgan fingerprint density at radius 1 is 1.02 bits per heavy atom. The SMILES string of the molecule is CC(O)C(N)C(=O)NC(Cc1c[nH]c2ccccc12)C(=O)N1CCCC1C(=O)NC(Cc1ccccc1)C(=O)O. The van der Waals surface area contributed by atoms with Crippen molar-refractivity contribution in [1.29, 1.82) is 0 Å². The Kier molecular flexibility index (Phi) is 9.18. The van der Waals surface area contributed by atoms with E-state index in [0.29, 0.717) is 12.8 Å². The van der Waals surface area contributed by atoms with Gasteiger partial charge in [0.2, 0.25) is 17.7 Å². The Hall–Kier alpha value is -4.22. The van der Waals surface area contributed by atoms with Gasteiger partial charge in [-0.2, -0.15) is 0 Å². The lowest BCUT2D eigenvalue weighted by molar-refractivity contribution is -0.145. The van der Waals surface area contributed by atoms with Gasteiger partial charge in [0.15, 0.2) is 0 Å². The number of nitrogens with one attached hydrogen (secondary N) is 3. The van der Waals surface area contributed by atoms with Gasteiger partial charge in [0.1, 0.15) is 24.2 Å². The molecular weight excluding hydrogens is 514 g/mol. The van der Waals surface area contributed by atoms with E-state index in [1.165, 1.54) is 11.8 Å². The summed E-state index contributed by atoms with van der Waals surface area (Å²) in [4.78, 5) is 56.4. The number of fused-ring (bicyclic) bond motifs is 1. The predicted molar refractivity (Wildman–Crippen MR) is 148 cm³/mol. The minimum Gasteiger partial charge on any atom is -0.480 e. The van der Waals surface area contributed by atoms with Crippen LogP contribution in [0.5, 0.6) is 0 Å². The Labute approximate surface area is 231 Å². The second-order valence-corrected chi connectivity index (χ2v) is 10.2. The number of nitrogens with zero attached hydrogens (tertiary/aromatic N) is 1. The smallest absolute Gasteiger partial charge is 0.326 e. The summed E-state index contributed by atoms with van der Waals surface area (Å²) in [6.07, 6.45) is 1.75. The van der Waals surface area contributed by atoms with Crippen LogP contribution in [0.15, 0.2) is 60.8 Å². The number of carboxylic acids is 1. The lowest BCUT2D eigenvalue weighted by Gasteiger charge is -2.30. The number of carboxylic acid groups (broad SMARTS) is 1. The van der Waals surface area contributed by atoms with Crippen LogP contribution in [-0.2, 0) is 32.0 Å². The molecule has 11 heteroatoms. The monoisotopic (exact) mass is 549 g/mol. The van der Waals surface area contributed by atoms with E-state index in [0.717, 1.165) is 22.0 Å². The van der Waals surface area contributed by atoms with E-state index >= 15 is 0 Å². The number of rotatable bonds is 11. The maximum atomic E-state index is 13.9. The van der Waals surface area contributed by atoms with Crippen LogP contribution in [0.25, 0.3) is 10.9 Å². The molecule has 1 aromatic heterocycles. The van der Waals surface area contributed by atoms with Crippen molar-refractivity contribution >= 4 is 34.6 Å². The zero-order valence-corrected chi connectivity index (χ0v) is 22.2. The highest BCUT2D eigenvalue weighted by molar-refractivity contribution is 5.95. The first-order chi connectivity index (χ1) is 19.2. The molecule has 1 aliphatic rings. The van der Waals surface area contributed by atoms with Gasteiger partial charge in [-0.3, -0.25) is 14.4 Å². The number of para-hydroxylation sites is 1. The molecule has 7 N–H and O–H groups in total. The second kappa shape index (κ2) is 12.8. The highest BCUT2D eigenvalue weighted by Gasteiger charge is 2.39. The number of carbonyl (C=O) groups is 4. The molecule has 0 saturated carbocycles. The van der Waals surface area contributed by atoms with Crippen LogP contribution in [0.2, 0.25) is 0 Å². The van der Waals surface area contributed by atoms with E-state index in [4.69, 9.17) is 5.73 Å². The molecule has 4 rings (SSSR count). The average molecular weight is 550 g/mol. The van der Waals surface area contributed by atoms with Crippen molar-refractivity contribution in [1.82, 2.24) is 20.5 Å². The number of nitrogens with two attached hydrogens (primary N) is 1. The van der Waals surface area contributed by atoms with Crippen molar-refractivity contribution in [2.45, 2.75) is 62.9 Å². The quantitative estimate of drug-likeness (QED) is 0.204. The molecule has 3 aromatic rings. The summed E-state index contributed by atoms with van der Waals surface area (Å²) in [6.45, 7) is 1.66. The molecule has 5 atom stereocenters. The Balaban J connectivity index is 1.54. The molecule has 1 fully saturated rings. The van der Waals surface area contributed by atoms with Gasteiger partial charge < -0.3 is 36.5 Å². The topological polar surface area (TPSA) is 178 Å². The van der Waals surface area contributed by atoms with Crippen LogP contribution in [0.3, 0.4) is 0 Å². The summed E-state index contributed by atoms with van der Waals surface area (Å²) in [5.74, 6) is -2.91. The Morgan fingerprint density at radius 3 is 2.42 bits per heavy atom. The third-order valence-electron chi connectivity index (χ3n) is 7.27. The van der Waals surface area contributed by atoms with Crippen molar-refractivity contribution in [3.05, 3.63) is 71.9 Å². The van der Waals surface area contributed by atoms with E-state index in [1.54, 1.807) is 30.5 Å². The molecular formula is C29H35N5O6. The molecule has 212 valence electrons. The molecule has 0 spiro atoms. The van der Waals surface area contributed by atoms with Crippen LogP contribution in [0.1, 0.15) is 30.9 Å². The number of aromatic nitrogens is 1. The first kappa shape index (κ1) is 28.8. The molecule has 0 aliphatic carbocycles. The zero-order valence-electron chi connectivity index (χ0n) is 22.2. The number of aliphatic hydroxyl groups is 1. The predicted octanol–water partition coefficient (Wildman–Crippen LogP) is 0.706. The number of H-pyrrole nitrogens is 1. The fourth-order valence-corrected chi connectivity index (χ4v) is 5.03. The van der Waals surface area contributed by atoms with Crippen molar-refractivity contribution in [2.75, 3.05) is 6.54 Å². The van der Waals surface area contributed by atoms with Crippen LogP contribution in [0, 0.1) is 0 Å². The number of hydrogen-bond acceptors (Lipinski definition) is 6. The van der Waals surface area contributed by atoms with Crippen LogP contribution < -0.4 is 16.4 Å². The van der Waals surface area contributed by atoms with Crippen molar-refractivity contribution < 1.29 is 29.4 Å². The van der Waals surface area contributed by atoms with Gasteiger partial charge >= 0.3 is 5.97 Å². The number of likely N-dealkylation sites (tertiary alicyclic amines) is 1. The summed E-state index contributed by atoms with van der Waals surface area (Å²) in [7, 11) is 0. The molecule has 5 unspecified atom stereocenters. The number of hydrogen-bond donors (Lipinski definition) is 6. The van der Waals surface area contributed by atoms with Gasteiger partial charge in [-0.1, -0.05) is 48.5 Å². The summed E-state index contributed by atoms with van der Waals surface area (Å²) < 4.78 is 0. The van der Waals surface area contributed by atoms with E-state index in [-0.39, 0.29) is 19.4 Å². The first-order valence-electron chi connectivity index (χ1n) is 13.3.